The molecule has 1 aliphatic rings. The SMILES string of the molecule is CC(=O)N1CCN(c2nc(C)cc(Nc3ccccc3F)n2)CC1. The van der Waals surface area contributed by atoms with Crippen molar-refractivity contribution >= 4 is 23.4 Å². The first kappa shape index (κ1) is 16.2. The van der Waals surface area contributed by atoms with Crippen LogP contribution in [-0.2, 0) is 4.79 Å². The summed E-state index contributed by atoms with van der Waals surface area (Å²) in [6.07, 6.45) is 0. The van der Waals surface area contributed by atoms with Gasteiger partial charge in [0.15, 0.2) is 0 Å². The number of para-hydroxylation sites is 1. The Morgan fingerprint density at radius 1 is 1.17 bits per heavy atom. The topological polar surface area (TPSA) is 61.4 Å². The first-order chi connectivity index (χ1) is 11.5. The van der Waals surface area contributed by atoms with Crippen molar-refractivity contribution in [3.05, 3.63) is 41.8 Å². The third-order valence-electron chi connectivity index (χ3n) is 3.99. The Morgan fingerprint density at radius 2 is 1.88 bits per heavy atom. The van der Waals surface area contributed by atoms with Crippen LogP contribution >= 0.6 is 0 Å². The van der Waals surface area contributed by atoms with E-state index in [1.54, 1.807) is 31.2 Å². The summed E-state index contributed by atoms with van der Waals surface area (Å²) in [7, 11) is 0. The van der Waals surface area contributed by atoms with E-state index < -0.39 is 0 Å². The molecule has 0 atom stereocenters. The van der Waals surface area contributed by atoms with Gasteiger partial charge in [0.25, 0.3) is 0 Å². The molecule has 3 rings (SSSR count). The lowest BCUT2D eigenvalue weighted by molar-refractivity contribution is -0.129. The Morgan fingerprint density at radius 3 is 2.54 bits per heavy atom. The Kier molecular flexibility index (Phi) is 4.59. The van der Waals surface area contributed by atoms with E-state index in [9.17, 15) is 9.18 Å². The van der Waals surface area contributed by atoms with E-state index >= 15 is 0 Å². The number of halogens is 1. The second-order valence-corrected chi connectivity index (χ2v) is 5.79. The predicted octanol–water partition coefficient (Wildman–Crippen LogP) is 2.34. The van der Waals surface area contributed by atoms with Crippen molar-refractivity contribution in [3.8, 4) is 0 Å². The fraction of sp³-hybridized carbons (Fsp3) is 0.353. The summed E-state index contributed by atoms with van der Waals surface area (Å²) < 4.78 is 13.8. The van der Waals surface area contributed by atoms with Gasteiger partial charge in [-0.15, -0.1) is 0 Å². The highest BCUT2D eigenvalue weighted by Gasteiger charge is 2.21. The minimum Gasteiger partial charge on any atom is -0.339 e. The number of carbonyl (C=O) groups is 1. The van der Waals surface area contributed by atoms with E-state index in [1.165, 1.54) is 6.07 Å². The molecule has 7 heteroatoms. The van der Waals surface area contributed by atoms with Crippen molar-refractivity contribution < 1.29 is 9.18 Å². The lowest BCUT2D eigenvalue weighted by Crippen LogP contribution is -2.48. The van der Waals surface area contributed by atoms with Gasteiger partial charge in [-0.1, -0.05) is 12.1 Å². The Labute approximate surface area is 140 Å². The quantitative estimate of drug-likeness (QED) is 0.936. The Balaban J connectivity index is 1.77. The highest BCUT2D eigenvalue weighted by atomic mass is 19.1. The molecule has 0 bridgehead atoms. The molecular formula is C17H20FN5O. The number of benzene rings is 1. The molecule has 1 aromatic carbocycles. The minimum absolute atomic E-state index is 0.0849. The van der Waals surface area contributed by atoms with Crippen LogP contribution in [0.25, 0.3) is 0 Å². The molecule has 1 aliphatic heterocycles. The maximum absolute atomic E-state index is 13.8. The van der Waals surface area contributed by atoms with Gasteiger partial charge in [0.1, 0.15) is 11.6 Å². The number of hydrogen-bond donors (Lipinski definition) is 1. The Hall–Kier alpha value is -2.70. The predicted molar refractivity (Wildman–Crippen MR) is 90.9 cm³/mol. The standard InChI is InChI=1S/C17H20FN5O/c1-12-11-16(20-15-6-4-3-5-14(15)18)21-17(19-12)23-9-7-22(8-10-23)13(2)24/h3-6,11H,7-10H2,1-2H3,(H,19,20,21). The number of nitrogens with zero attached hydrogens (tertiary/aromatic N) is 4. The van der Waals surface area contributed by atoms with Crippen molar-refractivity contribution in [2.75, 3.05) is 36.4 Å². The van der Waals surface area contributed by atoms with Crippen molar-refractivity contribution in [2.24, 2.45) is 0 Å². The maximum atomic E-state index is 13.8. The third-order valence-corrected chi connectivity index (χ3v) is 3.99. The van der Waals surface area contributed by atoms with Gasteiger partial charge in [0, 0.05) is 44.9 Å². The maximum Gasteiger partial charge on any atom is 0.227 e. The molecule has 0 saturated carbocycles. The summed E-state index contributed by atoms with van der Waals surface area (Å²) in [6.45, 7) is 6.13. The number of hydrogen-bond acceptors (Lipinski definition) is 5. The number of carbonyl (C=O) groups excluding carboxylic acids is 1. The van der Waals surface area contributed by atoms with Crippen LogP contribution in [0.5, 0.6) is 0 Å². The minimum atomic E-state index is -0.328. The second kappa shape index (κ2) is 6.82. The van der Waals surface area contributed by atoms with E-state index in [1.807, 2.05) is 16.7 Å². The molecule has 1 fully saturated rings. The average Bonchev–Trinajstić information content (AvgIpc) is 2.56. The summed E-state index contributed by atoms with van der Waals surface area (Å²) in [5.41, 5.74) is 1.18. The molecule has 1 aromatic heterocycles. The first-order valence-electron chi connectivity index (χ1n) is 7.90. The molecule has 0 radical (unpaired) electrons. The van der Waals surface area contributed by atoms with Gasteiger partial charge in [0.2, 0.25) is 11.9 Å². The van der Waals surface area contributed by atoms with E-state index in [4.69, 9.17) is 0 Å². The molecule has 0 unspecified atom stereocenters. The summed E-state index contributed by atoms with van der Waals surface area (Å²) >= 11 is 0. The van der Waals surface area contributed by atoms with E-state index in [2.05, 4.69) is 15.3 Å². The number of anilines is 3. The van der Waals surface area contributed by atoms with Crippen LogP contribution in [-0.4, -0.2) is 47.0 Å². The number of nitrogens with one attached hydrogen (secondary N) is 1. The van der Waals surface area contributed by atoms with Gasteiger partial charge in [0.05, 0.1) is 5.69 Å². The lowest BCUT2D eigenvalue weighted by Gasteiger charge is -2.34. The molecule has 126 valence electrons. The third kappa shape index (κ3) is 3.61. The molecule has 2 heterocycles. The molecule has 24 heavy (non-hydrogen) atoms. The van der Waals surface area contributed by atoms with E-state index in [-0.39, 0.29) is 11.7 Å². The van der Waals surface area contributed by atoms with Gasteiger partial charge in [-0.2, -0.15) is 4.98 Å². The van der Waals surface area contributed by atoms with Gasteiger partial charge < -0.3 is 15.1 Å². The summed E-state index contributed by atoms with van der Waals surface area (Å²) in [6, 6.07) is 8.26. The zero-order valence-electron chi connectivity index (χ0n) is 13.8. The summed E-state index contributed by atoms with van der Waals surface area (Å²) in [5, 5.41) is 3.00. The van der Waals surface area contributed by atoms with Crippen LogP contribution < -0.4 is 10.2 Å². The first-order valence-corrected chi connectivity index (χ1v) is 7.90. The Bertz CT molecular complexity index is 744. The van der Waals surface area contributed by atoms with Crippen LogP contribution in [0.2, 0.25) is 0 Å². The lowest BCUT2D eigenvalue weighted by atomic mass is 10.3. The molecule has 0 spiro atoms. The number of rotatable bonds is 3. The van der Waals surface area contributed by atoms with Crippen molar-refractivity contribution in [2.45, 2.75) is 13.8 Å². The van der Waals surface area contributed by atoms with Gasteiger partial charge >= 0.3 is 0 Å². The van der Waals surface area contributed by atoms with Crippen LogP contribution in [0.4, 0.5) is 21.8 Å². The van der Waals surface area contributed by atoms with Crippen LogP contribution in [0.15, 0.2) is 30.3 Å². The molecule has 1 N–H and O–H groups in total. The van der Waals surface area contributed by atoms with E-state index in [0.717, 1.165) is 5.69 Å². The summed E-state index contributed by atoms with van der Waals surface area (Å²) in [4.78, 5) is 24.2. The van der Waals surface area contributed by atoms with Crippen LogP contribution in [0, 0.1) is 12.7 Å². The number of amides is 1. The van der Waals surface area contributed by atoms with Crippen molar-refractivity contribution in [1.29, 1.82) is 0 Å². The summed E-state index contributed by atoms with van der Waals surface area (Å²) in [5.74, 6) is 0.903. The normalized spacial score (nSPS) is 14.6. The van der Waals surface area contributed by atoms with Crippen molar-refractivity contribution in [1.82, 2.24) is 14.9 Å². The van der Waals surface area contributed by atoms with E-state index in [0.29, 0.717) is 43.6 Å². The highest BCUT2D eigenvalue weighted by Crippen LogP contribution is 2.21. The molecular weight excluding hydrogens is 309 g/mol. The molecule has 6 nitrogen and oxygen atoms in total. The monoisotopic (exact) mass is 329 g/mol. The van der Waals surface area contributed by atoms with Gasteiger partial charge in [-0.3, -0.25) is 4.79 Å². The highest BCUT2D eigenvalue weighted by molar-refractivity contribution is 5.73. The molecule has 2 aromatic rings. The number of aromatic nitrogens is 2. The fourth-order valence-electron chi connectivity index (χ4n) is 2.68. The van der Waals surface area contributed by atoms with Crippen LogP contribution in [0.1, 0.15) is 12.6 Å². The smallest absolute Gasteiger partial charge is 0.227 e. The van der Waals surface area contributed by atoms with Gasteiger partial charge in [-0.25, -0.2) is 9.37 Å². The molecule has 0 aliphatic carbocycles. The van der Waals surface area contributed by atoms with Crippen molar-refractivity contribution in [3.63, 3.8) is 0 Å². The second-order valence-electron chi connectivity index (χ2n) is 5.79. The molecule has 1 saturated heterocycles. The largest absolute Gasteiger partial charge is 0.339 e. The zero-order chi connectivity index (χ0) is 17.1. The average molecular weight is 329 g/mol. The molecule has 1 amide bonds. The fourth-order valence-corrected chi connectivity index (χ4v) is 2.68. The van der Waals surface area contributed by atoms with Crippen LogP contribution in [0.3, 0.4) is 0 Å². The number of piperazine rings is 1. The zero-order valence-corrected chi connectivity index (χ0v) is 13.8. The number of aryl methyl sites for hydroxylation is 1. The van der Waals surface area contributed by atoms with Gasteiger partial charge in [-0.05, 0) is 19.1 Å².